The zero-order chi connectivity index (χ0) is 32.2. The number of benzene rings is 2. The second-order valence-corrected chi connectivity index (χ2v) is 13.6. The lowest BCUT2D eigenvalue weighted by Crippen LogP contribution is -2.50. The highest BCUT2D eigenvalue weighted by atomic mass is 19.1. The lowest BCUT2D eigenvalue weighted by molar-refractivity contribution is 0.0206. The summed E-state index contributed by atoms with van der Waals surface area (Å²) in [5.41, 5.74) is 1.04. The number of aromatic hydroxyl groups is 1. The minimum Gasteiger partial charge on any atom is -0.505 e. The average Bonchev–Trinajstić information content (AvgIpc) is 3.67. The number of likely N-dealkylation sites (tertiary alicyclic amines) is 1. The van der Waals surface area contributed by atoms with Crippen LogP contribution in [0.15, 0.2) is 24.3 Å². The summed E-state index contributed by atoms with van der Waals surface area (Å²) in [6, 6.07) is 6.70. The van der Waals surface area contributed by atoms with Crippen molar-refractivity contribution in [1.29, 1.82) is 0 Å². The van der Waals surface area contributed by atoms with Crippen LogP contribution in [-0.2, 0) is 14.2 Å². The molecule has 3 saturated heterocycles. The highest BCUT2D eigenvalue weighted by Crippen LogP contribution is 2.53. The van der Waals surface area contributed by atoms with Crippen molar-refractivity contribution >= 4 is 22.8 Å². The molecule has 4 aliphatic rings. The fourth-order valence-corrected chi connectivity index (χ4v) is 6.89. The van der Waals surface area contributed by atoms with Gasteiger partial charge in [-0.2, -0.15) is 9.97 Å². The predicted octanol–water partition coefficient (Wildman–Crippen LogP) is 5.76. The van der Waals surface area contributed by atoms with Gasteiger partial charge in [0, 0.05) is 44.0 Å². The number of halogens is 1. The van der Waals surface area contributed by atoms with E-state index in [4.69, 9.17) is 33.7 Å². The smallest absolute Gasteiger partial charge is 0.410 e. The van der Waals surface area contributed by atoms with Crippen molar-refractivity contribution in [2.75, 3.05) is 45.1 Å². The average molecular weight is 637 g/mol. The van der Waals surface area contributed by atoms with E-state index in [2.05, 4.69) is 4.90 Å². The molecule has 2 aromatic carbocycles. The molecule has 1 aliphatic carbocycles. The Balaban J connectivity index is 1.34. The van der Waals surface area contributed by atoms with E-state index < -0.39 is 11.4 Å². The first kappa shape index (κ1) is 30.7. The van der Waals surface area contributed by atoms with Gasteiger partial charge in [-0.3, -0.25) is 0 Å². The van der Waals surface area contributed by atoms with Crippen LogP contribution in [0.1, 0.15) is 64.4 Å². The Morgan fingerprint density at radius 3 is 2.54 bits per heavy atom. The molecule has 2 bridgehead atoms. The summed E-state index contributed by atoms with van der Waals surface area (Å²) >= 11 is 0. The van der Waals surface area contributed by atoms with Gasteiger partial charge in [0.25, 0.3) is 0 Å². The standard InChI is InChI=1S/C34H41FN4O7/c1-34(2,3)46-33(41)39-17-20-14-21(39)16-38(20)31-24-15-23(19-8-9-19)27(28-25(35)6-5-7-26(28)44-18-42-4)30(40)29(24)36-32(37-31)45-22-10-12-43-13-11-22/h5-7,15,19-22,40H,8-14,16-18H2,1-4H3/t20-,21-/m0/s1. The summed E-state index contributed by atoms with van der Waals surface area (Å²) in [4.78, 5) is 26.7. The molecule has 1 saturated carbocycles. The number of aromatic nitrogens is 2. The monoisotopic (exact) mass is 636 g/mol. The number of rotatable bonds is 8. The third-order valence-corrected chi connectivity index (χ3v) is 9.11. The molecule has 0 unspecified atom stereocenters. The lowest BCUT2D eigenvalue weighted by Gasteiger charge is -2.36. The molecule has 46 heavy (non-hydrogen) atoms. The van der Waals surface area contributed by atoms with Gasteiger partial charge in [-0.15, -0.1) is 0 Å². The zero-order valence-corrected chi connectivity index (χ0v) is 26.8. The van der Waals surface area contributed by atoms with Crippen molar-refractivity contribution < 1.29 is 38.0 Å². The van der Waals surface area contributed by atoms with E-state index >= 15 is 4.39 Å². The first-order chi connectivity index (χ1) is 22.1. The molecule has 12 heteroatoms. The Labute approximate surface area is 267 Å². The molecule has 246 valence electrons. The summed E-state index contributed by atoms with van der Waals surface area (Å²) < 4.78 is 44.1. The number of carbonyl (C=O) groups excluding carboxylic acids is 1. The second-order valence-electron chi connectivity index (χ2n) is 13.6. The number of phenolic OH excluding ortho intramolecular Hbond substituents is 1. The van der Waals surface area contributed by atoms with Crippen LogP contribution in [0.3, 0.4) is 0 Å². The Bertz CT molecular complexity index is 1640. The second kappa shape index (κ2) is 12.0. The number of phenols is 1. The first-order valence-electron chi connectivity index (χ1n) is 16.1. The van der Waals surface area contributed by atoms with Crippen LogP contribution in [0.25, 0.3) is 22.0 Å². The maximum Gasteiger partial charge on any atom is 0.410 e. The number of fused-ring (bicyclic) bond motifs is 3. The van der Waals surface area contributed by atoms with Gasteiger partial charge in [0.05, 0.1) is 30.9 Å². The van der Waals surface area contributed by atoms with E-state index in [0.717, 1.165) is 24.8 Å². The minimum absolute atomic E-state index is 0.00152. The van der Waals surface area contributed by atoms with E-state index in [1.165, 1.54) is 13.2 Å². The number of ether oxygens (including phenoxy) is 5. The van der Waals surface area contributed by atoms with Gasteiger partial charge in [0.15, 0.2) is 12.5 Å². The van der Waals surface area contributed by atoms with Gasteiger partial charge in [0.2, 0.25) is 0 Å². The highest BCUT2D eigenvalue weighted by molar-refractivity contribution is 6.01. The number of amides is 1. The molecule has 4 heterocycles. The summed E-state index contributed by atoms with van der Waals surface area (Å²) in [7, 11) is 1.50. The van der Waals surface area contributed by atoms with Crippen molar-refractivity contribution in [3.63, 3.8) is 0 Å². The van der Waals surface area contributed by atoms with E-state index in [0.29, 0.717) is 55.9 Å². The fourth-order valence-electron chi connectivity index (χ4n) is 6.89. The van der Waals surface area contributed by atoms with Crippen molar-refractivity contribution in [3.8, 4) is 28.6 Å². The number of nitrogens with zero attached hydrogens (tertiary/aromatic N) is 4. The Morgan fingerprint density at radius 1 is 1.09 bits per heavy atom. The molecule has 0 radical (unpaired) electrons. The van der Waals surface area contributed by atoms with E-state index in [1.54, 1.807) is 17.0 Å². The van der Waals surface area contributed by atoms with Crippen LogP contribution in [0.5, 0.6) is 17.5 Å². The van der Waals surface area contributed by atoms with Gasteiger partial charge in [-0.1, -0.05) is 6.07 Å². The lowest BCUT2D eigenvalue weighted by atomic mass is 9.92. The van der Waals surface area contributed by atoms with Gasteiger partial charge in [-0.05, 0) is 69.7 Å². The van der Waals surface area contributed by atoms with Crippen molar-refractivity contribution in [3.05, 3.63) is 35.6 Å². The summed E-state index contributed by atoms with van der Waals surface area (Å²) in [6.07, 6.45) is 3.56. The zero-order valence-electron chi connectivity index (χ0n) is 26.8. The maximum atomic E-state index is 15.7. The number of carbonyl (C=O) groups is 1. The van der Waals surface area contributed by atoms with Gasteiger partial charge in [-0.25, -0.2) is 9.18 Å². The largest absolute Gasteiger partial charge is 0.505 e. The molecular formula is C34H41FN4O7. The number of hydrogen-bond donors (Lipinski definition) is 1. The Morgan fingerprint density at radius 2 is 1.87 bits per heavy atom. The normalized spacial score (nSPS) is 21.7. The molecule has 0 spiro atoms. The summed E-state index contributed by atoms with van der Waals surface area (Å²) in [5, 5.41) is 12.7. The van der Waals surface area contributed by atoms with Crippen molar-refractivity contribution in [1.82, 2.24) is 14.9 Å². The quantitative estimate of drug-likeness (QED) is 0.306. The molecule has 3 aromatic rings. The predicted molar refractivity (Wildman–Crippen MR) is 168 cm³/mol. The van der Waals surface area contributed by atoms with Crippen molar-refractivity contribution in [2.24, 2.45) is 0 Å². The van der Waals surface area contributed by atoms with Crippen molar-refractivity contribution in [2.45, 2.75) is 82.6 Å². The molecule has 2 atom stereocenters. The Hall–Kier alpha value is -3.90. The van der Waals surface area contributed by atoms with Crippen LogP contribution >= 0.6 is 0 Å². The van der Waals surface area contributed by atoms with E-state index in [-0.39, 0.29) is 65.6 Å². The van der Waals surface area contributed by atoms with E-state index in [1.807, 2.05) is 26.8 Å². The number of piperazine rings is 1. The third-order valence-electron chi connectivity index (χ3n) is 9.11. The first-order valence-corrected chi connectivity index (χ1v) is 16.1. The fraction of sp³-hybridized carbons (Fsp3) is 0.559. The van der Waals surface area contributed by atoms with Gasteiger partial charge < -0.3 is 38.6 Å². The van der Waals surface area contributed by atoms with Crippen LogP contribution in [0.4, 0.5) is 15.0 Å². The highest BCUT2D eigenvalue weighted by Gasteiger charge is 2.48. The molecule has 7 rings (SSSR count). The van der Waals surface area contributed by atoms with Crippen LogP contribution < -0.4 is 14.4 Å². The van der Waals surface area contributed by atoms with Crippen LogP contribution in [-0.4, -0.2) is 90.1 Å². The van der Waals surface area contributed by atoms with Gasteiger partial charge >= 0.3 is 12.1 Å². The van der Waals surface area contributed by atoms with Crippen LogP contribution in [0.2, 0.25) is 0 Å². The summed E-state index contributed by atoms with van der Waals surface area (Å²) in [5.74, 6) is 0.384. The molecule has 1 N–H and O–H groups in total. The molecule has 4 fully saturated rings. The summed E-state index contributed by atoms with van der Waals surface area (Å²) in [6.45, 7) is 7.74. The SMILES string of the molecule is COCOc1cccc(F)c1-c1c(C2CC2)cc2c(N3C[C@@H]4C[C@H]3CN4C(=O)OC(C)(C)C)nc(OC3CCOCC3)nc2c1O. The topological polar surface area (TPSA) is 116 Å². The number of hydrogen-bond acceptors (Lipinski definition) is 10. The van der Waals surface area contributed by atoms with Crippen LogP contribution in [0, 0.1) is 5.82 Å². The van der Waals surface area contributed by atoms with Gasteiger partial charge in [0.1, 0.15) is 34.6 Å². The molecule has 1 amide bonds. The molecular weight excluding hydrogens is 595 g/mol. The third kappa shape index (κ3) is 5.88. The van der Waals surface area contributed by atoms with E-state index in [9.17, 15) is 9.90 Å². The number of methoxy groups -OCH3 is 1. The number of anilines is 1. The minimum atomic E-state index is -0.584. The molecule has 11 nitrogen and oxygen atoms in total. The molecule has 3 aliphatic heterocycles. The Kier molecular flexibility index (Phi) is 8.04. The molecule has 1 aromatic heterocycles. The maximum absolute atomic E-state index is 15.7.